The fraction of sp³-hybridized carbons (Fsp3) is 0.826. The van der Waals surface area contributed by atoms with Gasteiger partial charge in [0, 0.05) is 25.4 Å². The van der Waals surface area contributed by atoms with Crippen molar-refractivity contribution in [2.75, 3.05) is 6.61 Å². The molecule has 4 heteroatoms. The molecule has 0 aromatic heterocycles. The number of ketones is 2. The van der Waals surface area contributed by atoms with E-state index in [4.69, 9.17) is 5.11 Å². The summed E-state index contributed by atoms with van der Waals surface area (Å²) >= 11 is 0. The first kappa shape index (κ1) is 19.3. The topological polar surface area (TPSA) is 74.6 Å². The Bertz CT molecular complexity index is 667. The molecule has 0 amide bonds. The molecule has 27 heavy (non-hydrogen) atoms. The smallest absolute Gasteiger partial charge is 0.164 e. The lowest BCUT2D eigenvalue weighted by molar-refractivity contribution is -0.139. The Kier molecular flexibility index (Phi) is 4.87. The van der Waals surface area contributed by atoms with Crippen molar-refractivity contribution in [2.24, 2.45) is 34.5 Å². The van der Waals surface area contributed by atoms with E-state index >= 15 is 0 Å². The van der Waals surface area contributed by atoms with Crippen molar-refractivity contribution >= 4 is 11.6 Å². The van der Waals surface area contributed by atoms with Gasteiger partial charge in [-0.25, -0.2) is 0 Å². The second-order valence-corrected chi connectivity index (χ2v) is 10.1. The van der Waals surface area contributed by atoms with Crippen LogP contribution in [0.3, 0.4) is 0 Å². The van der Waals surface area contributed by atoms with Gasteiger partial charge in [-0.3, -0.25) is 9.59 Å². The molecule has 3 saturated carbocycles. The van der Waals surface area contributed by atoms with Gasteiger partial charge in [-0.15, -0.1) is 0 Å². The zero-order valence-corrected chi connectivity index (χ0v) is 16.7. The molecule has 150 valence electrons. The summed E-state index contributed by atoms with van der Waals surface area (Å²) < 4.78 is 0. The Morgan fingerprint density at radius 2 is 1.93 bits per heavy atom. The van der Waals surface area contributed by atoms with Crippen molar-refractivity contribution in [3.63, 3.8) is 0 Å². The minimum Gasteiger partial charge on any atom is -0.396 e. The molecule has 4 unspecified atom stereocenters. The standard InChI is InChI=1S/C23H34O4/c1-22-10-7-15(25)13-14(22)3-4-16-17-5-6-19(21(27)20(26)9-12-24)23(17,2)11-8-18(16)22/h13,16-20,24,26H,3-12H2,1-2H3/t16?,17?,18?,19?,20-,22-,23-/m0/s1. The van der Waals surface area contributed by atoms with E-state index in [0.29, 0.717) is 30.0 Å². The summed E-state index contributed by atoms with van der Waals surface area (Å²) in [5, 5.41) is 19.3. The highest BCUT2D eigenvalue weighted by Crippen LogP contribution is 2.66. The third-order valence-electron chi connectivity index (χ3n) is 9.04. The summed E-state index contributed by atoms with van der Waals surface area (Å²) in [6.45, 7) is 4.53. The van der Waals surface area contributed by atoms with Crippen LogP contribution in [0.4, 0.5) is 0 Å². The van der Waals surface area contributed by atoms with E-state index in [9.17, 15) is 14.7 Å². The normalized spacial score (nSPS) is 44.7. The lowest BCUT2D eigenvalue weighted by atomic mass is 9.46. The number of aliphatic hydroxyl groups is 2. The molecular weight excluding hydrogens is 340 g/mol. The number of carbonyl (C=O) groups excluding carboxylic acids is 2. The summed E-state index contributed by atoms with van der Waals surface area (Å²) in [7, 11) is 0. The molecule has 7 atom stereocenters. The fourth-order valence-electron chi connectivity index (χ4n) is 7.52. The van der Waals surface area contributed by atoms with Crippen molar-refractivity contribution in [3.05, 3.63) is 11.6 Å². The molecule has 0 aromatic carbocycles. The Labute approximate surface area is 162 Å². The number of allylic oxidation sites excluding steroid dienone is 1. The summed E-state index contributed by atoms with van der Waals surface area (Å²) in [5.74, 6) is 1.99. The second kappa shape index (κ2) is 6.81. The molecule has 0 heterocycles. The van der Waals surface area contributed by atoms with Crippen LogP contribution in [0.15, 0.2) is 11.6 Å². The van der Waals surface area contributed by atoms with Gasteiger partial charge < -0.3 is 10.2 Å². The quantitative estimate of drug-likeness (QED) is 0.790. The second-order valence-electron chi connectivity index (χ2n) is 10.1. The highest BCUT2D eigenvalue weighted by molar-refractivity contribution is 5.91. The number of hydrogen-bond acceptors (Lipinski definition) is 4. The van der Waals surface area contributed by atoms with E-state index in [1.54, 1.807) is 0 Å². The van der Waals surface area contributed by atoms with Crippen LogP contribution < -0.4 is 0 Å². The minimum absolute atomic E-state index is 0.0171. The number of fused-ring (bicyclic) bond motifs is 5. The van der Waals surface area contributed by atoms with Crippen molar-refractivity contribution < 1.29 is 19.8 Å². The van der Waals surface area contributed by atoms with Crippen LogP contribution in [0.25, 0.3) is 0 Å². The molecule has 0 radical (unpaired) electrons. The molecule has 4 nitrogen and oxygen atoms in total. The molecule has 4 aliphatic carbocycles. The van der Waals surface area contributed by atoms with Gasteiger partial charge in [0.05, 0.1) is 0 Å². The number of carbonyl (C=O) groups is 2. The van der Waals surface area contributed by atoms with E-state index in [2.05, 4.69) is 13.8 Å². The highest BCUT2D eigenvalue weighted by atomic mass is 16.3. The number of Topliss-reactive ketones (excluding diaryl/α,β-unsaturated/α-hetero) is 1. The molecule has 0 spiro atoms. The average Bonchev–Trinajstić information content (AvgIpc) is 2.99. The van der Waals surface area contributed by atoms with Crippen LogP contribution >= 0.6 is 0 Å². The first-order chi connectivity index (χ1) is 12.8. The third kappa shape index (κ3) is 2.86. The van der Waals surface area contributed by atoms with Crippen LogP contribution in [0.5, 0.6) is 0 Å². The maximum absolute atomic E-state index is 12.9. The van der Waals surface area contributed by atoms with Crippen LogP contribution in [-0.2, 0) is 9.59 Å². The van der Waals surface area contributed by atoms with Gasteiger partial charge in [-0.1, -0.05) is 19.4 Å². The summed E-state index contributed by atoms with van der Waals surface area (Å²) in [5.41, 5.74) is 1.53. The SMILES string of the molecule is C[C@]12CCC3C(CCC4=CC(=O)CC[C@@]43C)C1CCC2C(=O)[C@@H](O)CCO. The Morgan fingerprint density at radius 3 is 2.67 bits per heavy atom. The fourth-order valence-corrected chi connectivity index (χ4v) is 7.52. The number of rotatable bonds is 4. The first-order valence-corrected chi connectivity index (χ1v) is 10.9. The zero-order valence-electron chi connectivity index (χ0n) is 16.7. The van der Waals surface area contributed by atoms with Crippen molar-refractivity contribution in [1.29, 1.82) is 0 Å². The van der Waals surface area contributed by atoms with E-state index in [0.717, 1.165) is 44.9 Å². The molecule has 0 saturated heterocycles. The first-order valence-electron chi connectivity index (χ1n) is 10.9. The van der Waals surface area contributed by atoms with Crippen molar-refractivity contribution in [3.8, 4) is 0 Å². The number of hydrogen-bond donors (Lipinski definition) is 2. The van der Waals surface area contributed by atoms with Gasteiger partial charge in [0.25, 0.3) is 0 Å². The van der Waals surface area contributed by atoms with Gasteiger partial charge in [0.15, 0.2) is 11.6 Å². The summed E-state index contributed by atoms with van der Waals surface area (Å²) in [4.78, 5) is 24.8. The minimum atomic E-state index is -1.02. The maximum atomic E-state index is 12.9. The molecule has 0 aliphatic heterocycles. The Hall–Kier alpha value is -1.00. The predicted octanol–water partition coefficient (Wildman–Crippen LogP) is 3.45. The van der Waals surface area contributed by atoms with E-state index in [1.807, 2.05) is 6.08 Å². The van der Waals surface area contributed by atoms with Crippen molar-refractivity contribution in [2.45, 2.75) is 77.7 Å². The molecule has 0 bridgehead atoms. The van der Waals surface area contributed by atoms with Crippen molar-refractivity contribution in [1.82, 2.24) is 0 Å². The highest BCUT2D eigenvalue weighted by Gasteiger charge is 2.60. The van der Waals surface area contributed by atoms with Gasteiger partial charge in [0.2, 0.25) is 0 Å². The van der Waals surface area contributed by atoms with Crippen LogP contribution in [0, 0.1) is 34.5 Å². The Morgan fingerprint density at radius 1 is 1.15 bits per heavy atom. The molecular formula is C23H34O4. The molecule has 0 aromatic rings. The summed E-state index contributed by atoms with van der Waals surface area (Å²) in [6.07, 6.45) is 9.04. The molecule has 3 fully saturated rings. The van der Waals surface area contributed by atoms with Gasteiger partial charge in [-0.2, -0.15) is 0 Å². The average molecular weight is 375 g/mol. The Balaban J connectivity index is 1.58. The lowest BCUT2D eigenvalue weighted by Gasteiger charge is -2.58. The van der Waals surface area contributed by atoms with Crippen LogP contribution in [0.2, 0.25) is 0 Å². The van der Waals surface area contributed by atoms with Gasteiger partial charge >= 0.3 is 0 Å². The van der Waals surface area contributed by atoms with E-state index in [1.165, 1.54) is 5.57 Å². The predicted molar refractivity (Wildman–Crippen MR) is 103 cm³/mol. The van der Waals surface area contributed by atoms with E-state index < -0.39 is 6.10 Å². The van der Waals surface area contributed by atoms with E-state index in [-0.39, 0.29) is 35.6 Å². The van der Waals surface area contributed by atoms with Gasteiger partial charge in [0.1, 0.15) is 6.10 Å². The van der Waals surface area contributed by atoms with Crippen LogP contribution in [-0.4, -0.2) is 34.5 Å². The zero-order chi connectivity index (χ0) is 19.4. The monoisotopic (exact) mass is 374 g/mol. The number of aliphatic hydroxyl groups excluding tert-OH is 2. The molecule has 4 rings (SSSR count). The largest absolute Gasteiger partial charge is 0.396 e. The summed E-state index contributed by atoms with van der Waals surface area (Å²) in [6, 6.07) is 0. The molecule has 4 aliphatic rings. The lowest BCUT2D eigenvalue weighted by Crippen LogP contribution is -2.51. The van der Waals surface area contributed by atoms with Crippen LogP contribution in [0.1, 0.15) is 71.6 Å². The van der Waals surface area contributed by atoms with Gasteiger partial charge in [-0.05, 0) is 79.6 Å². The third-order valence-corrected chi connectivity index (χ3v) is 9.04. The molecule has 2 N–H and O–H groups in total. The maximum Gasteiger partial charge on any atom is 0.164 e.